The summed E-state index contributed by atoms with van der Waals surface area (Å²) in [5.41, 5.74) is 2.32. The first-order chi connectivity index (χ1) is 12.0. The van der Waals surface area contributed by atoms with Gasteiger partial charge in [0.15, 0.2) is 0 Å². The van der Waals surface area contributed by atoms with Gasteiger partial charge in [-0.2, -0.15) is 0 Å². The van der Waals surface area contributed by atoms with Crippen LogP contribution in [0.4, 0.5) is 0 Å². The van der Waals surface area contributed by atoms with Crippen molar-refractivity contribution in [2.24, 2.45) is 5.92 Å². The van der Waals surface area contributed by atoms with E-state index < -0.39 is 0 Å². The van der Waals surface area contributed by atoms with Crippen LogP contribution in [0.15, 0.2) is 54.6 Å². The topological polar surface area (TPSA) is 52.6 Å². The van der Waals surface area contributed by atoms with Crippen molar-refractivity contribution in [1.82, 2.24) is 10.2 Å². The number of nitrogens with zero attached hydrogens (tertiary/aromatic N) is 1. The molecule has 0 unspecified atom stereocenters. The zero-order valence-corrected chi connectivity index (χ0v) is 15.3. The van der Waals surface area contributed by atoms with Gasteiger partial charge >= 0.3 is 0 Å². The third-order valence-corrected chi connectivity index (χ3v) is 4.48. The Labute approximate surface area is 150 Å². The molecule has 0 aliphatic rings. The highest BCUT2D eigenvalue weighted by Crippen LogP contribution is 2.13. The molecule has 0 saturated heterocycles. The van der Waals surface area contributed by atoms with Crippen LogP contribution in [-0.2, 0) is 17.6 Å². The lowest BCUT2D eigenvalue weighted by molar-refractivity contribution is -0.124. The Kier molecular flexibility index (Phi) is 7.02. The second-order valence-corrected chi connectivity index (χ2v) is 6.82. The summed E-state index contributed by atoms with van der Waals surface area (Å²) >= 11 is 0. The molecule has 0 aliphatic heterocycles. The van der Waals surface area contributed by atoms with E-state index in [0.29, 0.717) is 6.54 Å². The molecule has 2 atom stereocenters. The molecule has 4 heteroatoms. The largest absolute Gasteiger partial charge is 0.508 e. The molecule has 134 valence electrons. The number of carbonyl (C=O) groups excluding carboxylic acids is 1. The number of rotatable bonds is 8. The van der Waals surface area contributed by atoms with Crippen LogP contribution in [0.2, 0.25) is 0 Å². The summed E-state index contributed by atoms with van der Waals surface area (Å²) in [6, 6.07) is 17.5. The van der Waals surface area contributed by atoms with Gasteiger partial charge in [0.2, 0.25) is 5.91 Å². The number of phenolic OH excluding ortho intramolecular Hbond substituents is 1. The van der Waals surface area contributed by atoms with Gasteiger partial charge in [0, 0.05) is 18.5 Å². The van der Waals surface area contributed by atoms with Crippen LogP contribution in [0.1, 0.15) is 18.1 Å². The summed E-state index contributed by atoms with van der Waals surface area (Å²) in [6.07, 6.45) is 1.57. The lowest BCUT2D eigenvalue weighted by Crippen LogP contribution is -2.43. The van der Waals surface area contributed by atoms with Gasteiger partial charge in [-0.1, -0.05) is 49.4 Å². The quantitative estimate of drug-likeness (QED) is 0.777. The van der Waals surface area contributed by atoms with Crippen LogP contribution in [0.3, 0.4) is 0 Å². The molecule has 1 amide bonds. The number of phenols is 1. The predicted octanol–water partition coefficient (Wildman–Crippen LogP) is 2.86. The van der Waals surface area contributed by atoms with E-state index in [9.17, 15) is 9.90 Å². The van der Waals surface area contributed by atoms with E-state index in [1.165, 1.54) is 5.56 Å². The van der Waals surface area contributed by atoms with Crippen LogP contribution in [0.25, 0.3) is 0 Å². The van der Waals surface area contributed by atoms with Crippen molar-refractivity contribution < 1.29 is 9.90 Å². The van der Waals surface area contributed by atoms with Crippen LogP contribution < -0.4 is 5.32 Å². The average molecular weight is 340 g/mol. The van der Waals surface area contributed by atoms with Crippen molar-refractivity contribution in [3.05, 3.63) is 65.7 Å². The Bertz CT molecular complexity index is 653. The van der Waals surface area contributed by atoms with Crippen molar-refractivity contribution in [2.75, 3.05) is 20.6 Å². The number of aromatic hydroxyl groups is 1. The first-order valence-electron chi connectivity index (χ1n) is 8.71. The Morgan fingerprint density at radius 2 is 1.60 bits per heavy atom. The highest BCUT2D eigenvalue weighted by Gasteiger charge is 2.17. The van der Waals surface area contributed by atoms with Crippen LogP contribution >= 0.6 is 0 Å². The number of likely N-dealkylation sites (N-methyl/N-ethyl adjacent to an activating group) is 1. The molecular weight excluding hydrogens is 312 g/mol. The van der Waals surface area contributed by atoms with Crippen molar-refractivity contribution in [1.29, 1.82) is 0 Å². The van der Waals surface area contributed by atoms with E-state index >= 15 is 0 Å². The summed E-state index contributed by atoms with van der Waals surface area (Å²) in [6.45, 7) is 2.57. The third kappa shape index (κ3) is 6.24. The predicted molar refractivity (Wildman–Crippen MR) is 102 cm³/mol. The Hall–Kier alpha value is -2.33. The Morgan fingerprint density at radius 3 is 2.20 bits per heavy atom. The fourth-order valence-corrected chi connectivity index (χ4v) is 2.79. The van der Waals surface area contributed by atoms with Crippen molar-refractivity contribution in [3.8, 4) is 5.75 Å². The van der Waals surface area contributed by atoms with Gasteiger partial charge in [0.1, 0.15) is 5.75 Å². The maximum absolute atomic E-state index is 12.4. The zero-order valence-electron chi connectivity index (χ0n) is 15.3. The molecule has 4 nitrogen and oxygen atoms in total. The van der Waals surface area contributed by atoms with Gasteiger partial charge in [-0.15, -0.1) is 0 Å². The number of amides is 1. The molecule has 2 aromatic rings. The summed E-state index contributed by atoms with van der Waals surface area (Å²) in [4.78, 5) is 14.5. The van der Waals surface area contributed by atoms with Gasteiger partial charge in [-0.3, -0.25) is 4.79 Å². The van der Waals surface area contributed by atoms with Gasteiger partial charge in [-0.25, -0.2) is 0 Å². The minimum Gasteiger partial charge on any atom is -0.508 e. The molecule has 0 aliphatic carbocycles. The van der Waals surface area contributed by atoms with E-state index in [2.05, 4.69) is 22.3 Å². The minimum atomic E-state index is -0.0566. The average Bonchev–Trinajstić information content (AvgIpc) is 2.60. The minimum absolute atomic E-state index is 0.0566. The maximum atomic E-state index is 12.4. The molecule has 2 aromatic carbocycles. The highest BCUT2D eigenvalue weighted by molar-refractivity contribution is 5.78. The molecule has 2 rings (SSSR count). The molecule has 25 heavy (non-hydrogen) atoms. The smallest absolute Gasteiger partial charge is 0.223 e. The van der Waals surface area contributed by atoms with Crippen LogP contribution in [-0.4, -0.2) is 42.6 Å². The van der Waals surface area contributed by atoms with Gasteiger partial charge in [-0.05, 0) is 50.2 Å². The van der Waals surface area contributed by atoms with E-state index in [1.54, 1.807) is 12.1 Å². The molecule has 2 N–H and O–H groups in total. The molecule has 0 fully saturated rings. The standard InChI is InChI=1S/C21H28N2O2/c1-16(13-17-7-5-4-6-8-17)21(25)22-15-19(23(2)3)14-18-9-11-20(24)12-10-18/h4-12,16,19,24H,13-15H2,1-3H3,(H,22,25)/t16-,19-/m0/s1. The van der Waals surface area contributed by atoms with E-state index in [-0.39, 0.29) is 23.6 Å². The molecule has 0 saturated carbocycles. The second-order valence-electron chi connectivity index (χ2n) is 6.82. The van der Waals surface area contributed by atoms with Crippen molar-refractivity contribution in [3.63, 3.8) is 0 Å². The molecule has 0 bridgehead atoms. The molecule has 0 radical (unpaired) electrons. The molecular formula is C21H28N2O2. The summed E-state index contributed by atoms with van der Waals surface area (Å²) in [7, 11) is 4.04. The van der Waals surface area contributed by atoms with E-state index in [4.69, 9.17) is 0 Å². The second kappa shape index (κ2) is 9.23. The maximum Gasteiger partial charge on any atom is 0.223 e. The number of hydrogen-bond acceptors (Lipinski definition) is 3. The lowest BCUT2D eigenvalue weighted by atomic mass is 10.00. The monoisotopic (exact) mass is 340 g/mol. The fourth-order valence-electron chi connectivity index (χ4n) is 2.79. The van der Waals surface area contributed by atoms with Gasteiger partial charge in [0.05, 0.1) is 0 Å². The van der Waals surface area contributed by atoms with E-state index in [0.717, 1.165) is 18.4 Å². The molecule has 0 heterocycles. The zero-order chi connectivity index (χ0) is 18.2. The molecule has 0 aromatic heterocycles. The number of nitrogens with one attached hydrogen (secondary N) is 1. The van der Waals surface area contributed by atoms with E-state index in [1.807, 2.05) is 51.4 Å². The SMILES string of the molecule is C[C@@H](Cc1ccccc1)C(=O)NC[C@H](Cc1ccc(O)cc1)N(C)C. The summed E-state index contributed by atoms with van der Waals surface area (Å²) < 4.78 is 0. The third-order valence-electron chi connectivity index (χ3n) is 4.48. The first-order valence-corrected chi connectivity index (χ1v) is 8.71. The molecule has 0 spiro atoms. The van der Waals surface area contributed by atoms with Crippen molar-refractivity contribution >= 4 is 5.91 Å². The van der Waals surface area contributed by atoms with Crippen LogP contribution in [0, 0.1) is 5.92 Å². The Balaban J connectivity index is 1.87. The number of carbonyl (C=O) groups is 1. The number of hydrogen-bond donors (Lipinski definition) is 2. The summed E-state index contributed by atoms with van der Waals surface area (Å²) in [5, 5.41) is 12.5. The first kappa shape index (κ1) is 19.0. The summed E-state index contributed by atoms with van der Waals surface area (Å²) in [5.74, 6) is 0.300. The normalized spacial score (nSPS) is 13.4. The van der Waals surface area contributed by atoms with Crippen molar-refractivity contribution in [2.45, 2.75) is 25.8 Å². The van der Waals surface area contributed by atoms with Gasteiger partial charge in [0.25, 0.3) is 0 Å². The number of benzene rings is 2. The van der Waals surface area contributed by atoms with Crippen LogP contribution in [0.5, 0.6) is 5.75 Å². The highest BCUT2D eigenvalue weighted by atomic mass is 16.3. The fraction of sp³-hybridized carbons (Fsp3) is 0.381. The lowest BCUT2D eigenvalue weighted by Gasteiger charge is -2.25. The Morgan fingerprint density at radius 1 is 1.00 bits per heavy atom. The van der Waals surface area contributed by atoms with Gasteiger partial charge < -0.3 is 15.3 Å².